The summed E-state index contributed by atoms with van der Waals surface area (Å²) in [4.78, 5) is 0. The van der Waals surface area contributed by atoms with Crippen molar-refractivity contribution in [1.29, 1.82) is 0 Å². The Morgan fingerprint density at radius 1 is 1.20 bits per heavy atom. The Morgan fingerprint density at radius 3 is 2.80 bits per heavy atom. The van der Waals surface area contributed by atoms with Gasteiger partial charge in [-0.2, -0.15) is 5.11 Å². The van der Waals surface area contributed by atoms with Gasteiger partial charge in [0.15, 0.2) is 0 Å². The Bertz CT molecular complexity index is 387. The zero-order valence-corrected chi connectivity index (χ0v) is 9.89. The van der Waals surface area contributed by atoms with E-state index in [1.54, 1.807) is 0 Å². The number of anilines is 1. The first-order valence-corrected chi connectivity index (χ1v) is 6.09. The summed E-state index contributed by atoms with van der Waals surface area (Å²) in [5.41, 5.74) is 1.15. The fraction of sp³-hybridized carbons (Fsp3) is 0.455. The highest BCUT2D eigenvalue weighted by atomic mass is 79.9. The van der Waals surface area contributed by atoms with E-state index >= 15 is 0 Å². The van der Waals surface area contributed by atoms with Crippen LogP contribution < -0.4 is 5.01 Å². The molecule has 4 heteroatoms. The third kappa shape index (κ3) is 1.57. The highest BCUT2D eigenvalue weighted by molar-refractivity contribution is 9.10. The highest BCUT2D eigenvalue weighted by Gasteiger charge is 2.37. The zero-order valence-electron chi connectivity index (χ0n) is 8.31. The van der Waals surface area contributed by atoms with E-state index < -0.39 is 0 Å². The first-order valence-electron chi connectivity index (χ1n) is 5.30. The van der Waals surface area contributed by atoms with Crippen LogP contribution in [0.4, 0.5) is 5.69 Å². The monoisotopic (exact) mass is 265 g/mol. The maximum atomic E-state index is 4.32. The molecule has 0 amide bonds. The van der Waals surface area contributed by atoms with Crippen LogP contribution in [0.15, 0.2) is 39.1 Å². The van der Waals surface area contributed by atoms with E-state index in [0.717, 1.165) is 10.2 Å². The van der Waals surface area contributed by atoms with E-state index in [2.05, 4.69) is 43.4 Å². The van der Waals surface area contributed by atoms with E-state index in [0.29, 0.717) is 12.1 Å². The van der Waals surface area contributed by atoms with Crippen LogP contribution in [-0.4, -0.2) is 12.1 Å². The van der Waals surface area contributed by atoms with Gasteiger partial charge >= 0.3 is 0 Å². The molecular weight excluding hydrogens is 254 g/mol. The minimum atomic E-state index is 0.439. The van der Waals surface area contributed by atoms with Crippen molar-refractivity contribution in [3.8, 4) is 0 Å². The minimum Gasteiger partial charge on any atom is -0.242 e. The lowest BCUT2D eigenvalue weighted by atomic mass is 10.1. The molecule has 0 aromatic heterocycles. The van der Waals surface area contributed by atoms with Gasteiger partial charge in [0.2, 0.25) is 0 Å². The molecule has 3 nitrogen and oxygen atoms in total. The van der Waals surface area contributed by atoms with Gasteiger partial charge in [0, 0.05) is 4.47 Å². The zero-order chi connectivity index (χ0) is 10.3. The molecule has 78 valence electrons. The van der Waals surface area contributed by atoms with Crippen molar-refractivity contribution in [3.05, 3.63) is 28.7 Å². The summed E-state index contributed by atoms with van der Waals surface area (Å²) >= 11 is 3.44. The predicted octanol–water partition coefficient (Wildman–Crippen LogP) is 3.56. The lowest BCUT2D eigenvalue weighted by Gasteiger charge is -2.20. The summed E-state index contributed by atoms with van der Waals surface area (Å²) in [7, 11) is 0. The van der Waals surface area contributed by atoms with Crippen LogP contribution in [-0.2, 0) is 0 Å². The Morgan fingerprint density at radius 2 is 2.00 bits per heavy atom. The number of benzene rings is 1. The second kappa shape index (κ2) is 3.59. The molecule has 2 atom stereocenters. The van der Waals surface area contributed by atoms with Gasteiger partial charge in [-0.25, -0.2) is 5.01 Å². The summed E-state index contributed by atoms with van der Waals surface area (Å²) in [6.45, 7) is 0. The summed E-state index contributed by atoms with van der Waals surface area (Å²) in [6, 6.07) is 9.22. The van der Waals surface area contributed by atoms with Crippen molar-refractivity contribution in [2.24, 2.45) is 10.3 Å². The fourth-order valence-corrected chi connectivity index (χ4v) is 2.63. The molecule has 0 radical (unpaired) electrons. The fourth-order valence-electron chi connectivity index (χ4n) is 2.37. The predicted molar refractivity (Wildman–Crippen MR) is 62.9 cm³/mol. The van der Waals surface area contributed by atoms with Crippen LogP contribution >= 0.6 is 15.9 Å². The van der Waals surface area contributed by atoms with Crippen molar-refractivity contribution < 1.29 is 0 Å². The number of nitrogens with zero attached hydrogens (tertiary/aromatic N) is 3. The third-order valence-electron chi connectivity index (χ3n) is 3.15. The van der Waals surface area contributed by atoms with Crippen LogP contribution in [0.25, 0.3) is 0 Å². The lowest BCUT2D eigenvalue weighted by molar-refractivity contribution is 0.632. The molecule has 2 aliphatic rings. The Kier molecular flexibility index (Phi) is 2.24. The number of halogens is 1. The van der Waals surface area contributed by atoms with E-state index in [4.69, 9.17) is 0 Å². The molecule has 0 spiro atoms. The van der Waals surface area contributed by atoms with Crippen molar-refractivity contribution in [3.63, 3.8) is 0 Å². The van der Waals surface area contributed by atoms with Crippen LogP contribution in [0.5, 0.6) is 0 Å². The van der Waals surface area contributed by atoms with Gasteiger partial charge in [0.25, 0.3) is 0 Å². The molecule has 1 aromatic rings. The molecule has 1 aromatic carbocycles. The van der Waals surface area contributed by atoms with Crippen molar-refractivity contribution in [2.75, 3.05) is 5.01 Å². The average Bonchev–Trinajstić information content (AvgIpc) is 2.80. The van der Waals surface area contributed by atoms with E-state index in [1.165, 1.54) is 19.3 Å². The largest absolute Gasteiger partial charge is 0.242 e. The summed E-state index contributed by atoms with van der Waals surface area (Å²) in [5, 5.41) is 10.7. The highest BCUT2D eigenvalue weighted by Crippen LogP contribution is 2.35. The molecule has 1 fully saturated rings. The maximum absolute atomic E-state index is 4.32. The smallest absolute Gasteiger partial charge is 0.0954 e. The third-order valence-corrected chi connectivity index (χ3v) is 3.67. The SMILES string of the molecule is Brc1ccc(N2N=NC3CCCC32)cc1. The van der Waals surface area contributed by atoms with Gasteiger partial charge in [-0.1, -0.05) is 21.2 Å². The number of fused-ring (bicyclic) bond motifs is 1. The van der Waals surface area contributed by atoms with Gasteiger partial charge in [-0.15, -0.1) is 0 Å². The maximum Gasteiger partial charge on any atom is 0.0954 e. The van der Waals surface area contributed by atoms with Crippen LogP contribution in [0.2, 0.25) is 0 Å². The normalized spacial score (nSPS) is 28.5. The quantitative estimate of drug-likeness (QED) is 0.763. The van der Waals surface area contributed by atoms with Crippen LogP contribution in [0, 0.1) is 0 Å². The Balaban J connectivity index is 1.88. The molecular formula is C11H12BrN3. The lowest BCUT2D eigenvalue weighted by Crippen LogP contribution is -2.30. The van der Waals surface area contributed by atoms with E-state index in [-0.39, 0.29) is 0 Å². The Hall–Kier alpha value is -0.900. The van der Waals surface area contributed by atoms with Crippen LogP contribution in [0.3, 0.4) is 0 Å². The van der Waals surface area contributed by atoms with Gasteiger partial charge in [-0.05, 0) is 43.5 Å². The van der Waals surface area contributed by atoms with Crippen molar-refractivity contribution >= 4 is 21.6 Å². The van der Waals surface area contributed by atoms with Gasteiger partial charge in [0.1, 0.15) is 0 Å². The molecule has 3 rings (SSSR count). The van der Waals surface area contributed by atoms with E-state index in [1.807, 2.05) is 12.1 Å². The average molecular weight is 266 g/mol. The van der Waals surface area contributed by atoms with E-state index in [9.17, 15) is 0 Å². The number of rotatable bonds is 1. The molecule has 0 N–H and O–H groups in total. The van der Waals surface area contributed by atoms with Crippen molar-refractivity contribution in [2.45, 2.75) is 31.3 Å². The second-order valence-electron chi connectivity index (χ2n) is 4.09. The molecule has 1 heterocycles. The van der Waals surface area contributed by atoms with Gasteiger partial charge in [-0.3, -0.25) is 0 Å². The molecule has 0 saturated heterocycles. The minimum absolute atomic E-state index is 0.439. The number of hydrogen-bond donors (Lipinski definition) is 0. The Labute approximate surface area is 97.3 Å². The van der Waals surface area contributed by atoms with Crippen molar-refractivity contribution in [1.82, 2.24) is 0 Å². The molecule has 1 aliphatic carbocycles. The topological polar surface area (TPSA) is 28.0 Å². The molecule has 1 saturated carbocycles. The summed E-state index contributed by atoms with van der Waals surface area (Å²) in [5.74, 6) is 0. The van der Waals surface area contributed by atoms with Crippen LogP contribution in [0.1, 0.15) is 19.3 Å². The summed E-state index contributed by atoms with van der Waals surface area (Å²) in [6.07, 6.45) is 3.69. The first-order chi connectivity index (χ1) is 7.34. The van der Waals surface area contributed by atoms with Gasteiger partial charge < -0.3 is 0 Å². The standard InChI is InChI=1S/C11H12BrN3/c12-8-4-6-9(7-5-8)15-11-3-1-2-10(11)13-14-15/h4-7,10-11H,1-3H2. The molecule has 1 aliphatic heterocycles. The first kappa shape index (κ1) is 9.33. The molecule has 0 bridgehead atoms. The molecule has 15 heavy (non-hydrogen) atoms. The van der Waals surface area contributed by atoms with Gasteiger partial charge in [0.05, 0.1) is 17.8 Å². The molecule has 2 unspecified atom stereocenters. The second-order valence-corrected chi connectivity index (χ2v) is 5.01. The summed E-state index contributed by atoms with van der Waals surface area (Å²) < 4.78 is 1.10. The number of hydrogen-bond acceptors (Lipinski definition) is 3.